The van der Waals surface area contributed by atoms with Gasteiger partial charge in [0.25, 0.3) is 0 Å². The second-order valence-corrected chi connectivity index (χ2v) is 7.17. The molecule has 3 atom stereocenters. The Morgan fingerprint density at radius 3 is 2.38 bits per heavy atom. The monoisotopic (exact) mass is 316 g/mol. The second-order valence-electron chi connectivity index (χ2n) is 5.78. The third kappa shape index (κ3) is 3.17. The fourth-order valence-corrected chi connectivity index (χ4v) is 4.28. The van der Waals surface area contributed by atoms with E-state index in [2.05, 4.69) is 10.6 Å². The first-order valence-electron chi connectivity index (χ1n) is 6.77. The highest BCUT2D eigenvalue weighted by molar-refractivity contribution is 8.03. The summed E-state index contributed by atoms with van der Waals surface area (Å²) in [5.41, 5.74) is -0.950. The van der Waals surface area contributed by atoms with Gasteiger partial charge < -0.3 is 26.0 Å². The molecule has 2 aliphatic heterocycles. The lowest BCUT2D eigenvalue weighted by atomic mass is 9.81. The summed E-state index contributed by atoms with van der Waals surface area (Å²) >= 11 is 1.47. The predicted octanol–water partition coefficient (Wildman–Crippen LogP) is -0.179. The van der Waals surface area contributed by atoms with Crippen molar-refractivity contribution in [3.8, 4) is 0 Å². The average molecular weight is 316 g/mol. The van der Waals surface area contributed by atoms with Crippen LogP contribution in [0.3, 0.4) is 0 Å². The van der Waals surface area contributed by atoms with E-state index in [1.54, 1.807) is 6.92 Å². The van der Waals surface area contributed by atoms with Crippen molar-refractivity contribution in [1.82, 2.24) is 10.6 Å². The van der Waals surface area contributed by atoms with Gasteiger partial charge in [0.05, 0.1) is 11.6 Å². The quantitative estimate of drug-likeness (QED) is 0.458. The van der Waals surface area contributed by atoms with Crippen molar-refractivity contribution in [3.05, 3.63) is 10.6 Å². The number of carbonyl (C=O) groups is 2. The van der Waals surface area contributed by atoms with Crippen LogP contribution in [-0.2, 0) is 9.59 Å². The Balaban J connectivity index is 2.22. The first-order chi connectivity index (χ1) is 9.74. The van der Waals surface area contributed by atoms with Crippen LogP contribution in [0.5, 0.6) is 0 Å². The van der Waals surface area contributed by atoms with E-state index in [1.165, 1.54) is 18.7 Å². The van der Waals surface area contributed by atoms with E-state index in [1.807, 2.05) is 0 Å². The molecule has 0 amide bonds. The Morgan fingerprint density at radius 1 is 1.38 bits per heavy atom. The highest BCUT2D eigenvalue weighted by atomic mass is 32.2. The molecule has 1 saturated heterocycles. The maximum Gasteiger partial charge on any atom is 0.352 e. The zero-order chi connectivity index (χ0) is 15.8. The Kier molecular flexibility index (Phi) is 4.50. The van der Waals surface area contributed by atoms with Crippen molar-refractivity contribution < 1.29 is 24.9 Å². The molecule has 7 nitrogen and oxygen atoms in total. The Hall–Kier alpha value is -1.25. The summed E-state index contributed by atoms with van der Waals surface area (Å²) < 4.78 is 0. The number of rotatable bonds is 6. The molecule has 0 saturated carbocycles. The fraction of sp³-hybridized carbons (Fsp3) is 0.692. The lowest BCUT2D eigenvalue weighted by Crippen LogP contribution is -2.53. The standard InChI is InChI=1S/C13H20N2O5S/c1-6(16)9(11(17)18)13(2)3-8(10(15-13)12(19)20)21-7-4-14-5-7/h6-7,9,14-16H,3-5H2,1-2H3,(H,17,18)(H,19,20)/t6-,9+,13-/m1/s1. The molecule has 2 aliphatic rings. The summed E-state index contributed by atoms with van der Waals surface area (Å²) in [5.74, 6) is -3.31. The Labute approximate surface area is 126 Å². The molecule has 2 heterocycles. The van der Waals surface area contributed by atoms with Gasteiger partial charge in [0, 0.05) is 29.7 Å². The van der Waals surface area contributed by atoms with Crippen molar-refractivity contribution in [2.75, 3.05) is 13.1 Å². The van der Waals surface area contributed by atoms with E-state index in [4.69, 9.17) is 0 Å². The molecule has 0 aromatic rings. The number of nitrogens with one attached hydrogen (secondary N) is 2. The van der Waals surface area contributed by atoms with E-state index in [9.17, 15) is 24.9 Å². The van der Waals surface area contributed by atoms with Crippen LogP contribution in [0.1, 0.15) is 20.3 Å². The molecule has 21 heavy (non-hydrogen) atoms. The highest BCUT2D eigenvalue weighted by Gasteiger charge is 2.48. The minimum atomic E-state index is -1.14. The molecular weight excluding hydrogens is 296 g/mol. The van der Waals surface area contributed by atoms with Crippen LogP contribution >= 0.6 is 11.8 Å². The zero-order valence-corrected chi connectivity index (χ0v) is 12.7. The number of thioether (sulfide) groups is 1. The zero-order valence-electron chi connectivity index (χ0n) is 11.9. The molecule has 8 heteroatoms. The van der Waals surface area contributed by atoms with Gasteiger partial charge in [-0.1, -0.05) is 0 Å². The van der Waals surface area contributed by atoms with Crippen LogP contribution in [0.25, 0.3) is 0 Å². The second kappa shape index (κ2) is 5.86. The number of carboxylic acids is 2. The van der Waals surface area contributed by atoms with E-state index >= 15 is 0 Å². The molecule has 0 unspecified atom stereocenters. The highest BCUT2D eigenvalue weighted by Crippen LogP contribution is 2.42. The van der Waals surface area contributed by atoms with Gasteiger partial charge in [-0.15, -0.1) is 11.8 Å². The molecule has 0 aromatic carbocycles. The maximum absolute atomic E-state index is 11.4. The maximum atomic E-state index is 11.4. The molecule has 118 valence electrons. The number of aliphatic hydroxyl groups excluding tert-OH is 1. The number of hydrogen-bond donors (Lipinski definition) is 5. The van der Waals surface area contributed by atoms with Crippen LogP contribution in [-0.4, -0.2) is 57.2 Å². The molecular formula is C13H20N2O5S. The number of aliphatic carboxylic acids is 2. The van der Waals surface area contributed by atoms with Gasteiger partial charge in [0.15, 0.2) is 0 Å². The number of aliphatic hydroxyl groups is 1. The first kappa shape index (κ1) is 16.1. The van der Waals surface area contributed by atoms with Crippen LogP contribution < -0.4 is 10.6 Å². The molecule has 0 aliphatic carbocycles. The van der Waals surface area contributed by atoms with E-state index < -0.39 is 29.5 Å². The smallest absolute Gasteiger partial charge is 0.352 e. The first-order valence-corrected chi connectivity index (χ1v) is 7.65. The normalized spacial score (nSPS) is 28.7. The van der Waals surface area contributed by atoms with Gasteiger partial charge >= 0.3 is 11.9 Å². The summed E-state index contributed by atoms with van der Waals surface area (Å²) in [5, 5.41) is 34.7. The minimum Gasteiger partial charge on any atom is -0.481 e. The van der Waals surface area contributed by atoms with Gasteiger partial charge in [0.1, 0.15) is 11.6 Å². The molecule has 0 bridgehead atoms. The largest absolute Gasteiger partial charge is 0.481 e. The van der Waals surface area contributed by atoms with Crippen molar-refractivity contribution >= 4 is 23.7 Å². The number of hydrogen-bond acceptors (Lipinski definition) is 6. The number of carboxylic acid groups (broad SMARTS) is 2. The van der Waals surface area contributed by atoms with Gasteiger partial charge in [-0.05, 0) is 13.8 Å². The van der Waals surface area contributed by atoms with Crippen LogP contribution in [0, 0.1) is 5.92 Å². The third-order valence-corrected chi connectivity index (χ3v) is 5.22. The van der Waals surface area contributed by atoms with Crippen LogP contribution in [0.15, 0.2) is 10.6 Å². The van der Waals surface area contributed by atoms with Gasteiger partial charge in [-0.3, -0.25) is 4.79 Å². The van der Waals surface area contributed by atoms with Gasteiger partial charge in [-0.25, -0.2) is 4.79 Å². The summed E-state index contributed by atoms with van der Waals surface area (Å²) in [4.78, 5) is 23.5. The molecule has 0 aromatic heterocycles. The van der Waals surface area contributed by atoms with Crippen LogP contribution in [0.2, 0.25) is 0 Å². The molecule has 0 spiro atoms. The summed E-state index contributed by atoms with van der Waals surface area (Å²) in [6.07, 6.45) is -0.790. The molecule has 0 radical (unpaired) electrons. The lowest BCUT2D eigenvalue weighted by molar-refractivity contribution is -0.149. The van der Waals surface area contributed by atoms with Crippen molar-refractivity contribution in [3.63, 3.8) is 0 Å². The minimum absolute atomic E-state index is 0.0568. The van der Waals surface area contributed by atoms with Gasteiger partial charge in [-0.2, -0.15) is 0 Å². The van der Waals surface area contributed by atoms with Gasteiger partial charge in [0.2, 0.25) is 0 Å². The van der Waals surface area contributed by atoms with Crippen molar-refractivity contribution in [2.45, 2.75) is 37.2 Å². The summed E-state index contributed by atoms with van der Waals surface area (Å²) in [6.45, 7) is 4.69. The SMILES string of the molecule is C[C@@H](O)[C@@H](C(=O)O)[C@@]1(C)CC(SC2CNC2)=C(C(=O)O)N1. The van der Waals surface area contributed by atoms with E-state index in [0.29, 0.717) is 10.2 Å². The molecule has 1 fully saturated rings. The summed E-state index contributed by atoms with van der Waals surface area (Å²) in [6, 6.07) is 0. The Bertz CT molecular complexity index is 489. The lowest BCUT2D eigenvalue weighted by Gasteiger charge is -2.34. The predicted molar refractivity (Wildman–Crippen MR) is 77.9 cm³/mol. The van der Waals surface area contributed by atoms with E-state index in [0.717, 1.165) is 13.1 Å². The fourth-order valence-electron chi connectivity index (χ4n) is 2.84. The van der Waals surface area contributed by atoms with Crippen molar-refractivity contribution in [2.24, 2.45) is 5.92 Å². The topological polar surface area (TPSA) is 119 Å². The average Bonchev–Trinajstić information content (AvgIpc) is 2.60. The van der Waals surface area contributed by atoms with Crippen molar-refractivity contribution in [1.29, 1.82) is 0 Å². The molecule has 2 rings (SSSR count). The van der Waals surface area contributed by atoms with E-state index in [-0.39, 0.29) is 12.1 Å². The van der Waals surface area contributed by atoms with Crippen LogP contribution in [0.4, 0.5) is 0 Å². The summed E-state index contributed by atoms with van der Waals surface area (Å²) in [7, 11) is 0. The Morgan fingerprint density at radius 2 is 2.00 bits per heavy atom. The third-order valence-electron chi connectivity index (χ3n) is 3.92. The molecule has 5 N–H and O–H groups in total.